The average molecular weight is 327 g/mol. The van der Waals surface area contributed by atoms with Crippen LogP contribution in [0.5, 0.6) is 0 Å². The number of rotatable bonds is 4. The van der Waals surface area contributed by atoms with Gasteiger partial charge < -0.3 is 4.90 Å². The van der Waals surface area contributed by atoms with Gasteiger partial charge >= 0.3 is 0 Å². The summed E-state index contributed by atoms with van der Waals surface area (Å²) in [5, 5.41) is -0.0480. The summed E-state index contributed by atoms with van der Waals surface area (Å²) in [6, 6.07) is 16.4. The molecule has 0 bridgehead atoms. The van der Waals surface area contributed by atoms with E-state index in [0.717, 1.165) is 21.6 Å². The van der Waals surface area contributed by atoms with E-state index in [1.54, 1.807) is 23.9 Å². The quantitative estimate of drug-likeness (QED) is 0.816. The molecule has 1 amide bonds. The SMILES string of the molecule is CC1=C(C)[C@@H](Sc2ccc(F)cc2)N(Cc2ccccc2)C1=O. The van der Waals surface area contributed by atoms with Crippen LogP contribution in [-0.2, 0) is 11.3 Å². The van der Waals surface area contributed by atoms with Crippen LogP contribution in [-0.4, -0.2) is 16.2 Å². The van der Waals surface area contributed by atoms with Gasteiger partial charge in [-0.05, 0) is 49.2 Å². The van der Waals surface area contributed by atoms with Crippen molar-refractivity contribution in [3.05, 3.63) is 77.1 Å². The lowest BCUT2D eigenvalue weighted by Crippen LogP contribution is -2.32. The van der Waals surface area contributed by atoms with Crippen LogP contribution in [0.3, 0.4) is 0 Å². The minimum atomic E-state index is -0.249. The Morgan fingerprint density at radius 1 is 1.04 bits per heavy atom. The molecule has 23 heavy (non-hydrogen) atoms. The number of benzene rings is 2. The maximum Gasteiger partial charge on any atom is 0.251 e. The van der Waals surface area contributed by atoms with Gasteiger partial charge in [0.15, 0.2) is 0 Å². The van der Waals surface area contributed by atoms with E-state index in [4.69, 9.17) is 0 Å². The number of carbonyl (C=O) groups is 1. The van der Waals surface area contributed by atoms with Crippen LogP contribution in [0, 0.1) is 5.82 Å². The second kappa shape index (κ2) is 6.59. The molecule has 118 valence electrons. The molecule has 1 atom stereocenters. The first-order chi connectivity index (χ1) is 11.1. The first-order valence-corrected chi connectivity index (χ1v) is 8.38. The van der Waals surface area contributed by atoms with Gasteiger partial charge in [0, 0.05) is 17.0 Å². The molecular formula is C19H18FNOS. The zero-order valence-electron chi connectivity index (χ0n) is 13.1. The normalized spacial score (nSPS) is 18.0. The molecule has 4 heteroatoms. The van der Waals surface area contributed by atoms with Gasteiger partial charge in [-0.1, -0.05) is 42.1 Å². The zero-order chi connectivity index (χ0) is 16.4. The van der Waals surface area contributed by atoms with E-state index in [9.17, 15) is 9.18 Å². The van der Waals surface area contributed by atoms with Gasteiger partial charge in [-0.25, -0.2) is 4.39 Å². The Bertz CT molecular complexity index is 740. The Morgan fingerprint density at radius 3 is 2.35 bits per heavy atom. The Balaban J connectivity index is 1.84. The maximum atomic E-state index is 13.1. The van der Waals surface area contributed by atoms with Crippen LogP contribution in [0.2, 0.25) is 0 Å². The summed E-state index contributed by atoms with van der Waals surface area (Å²) in [7, 11) is 0. The summed E-state index contributed by atoms with van der Waals surface area (Å²) in [6.07, 6.45) is 0. The molecule has 2 aromatic rings. The largest absolute Gasteiger partial charge is 0.318 e. The number of hydrogen-bond acceptors (Lipinski definition) is 2. The fourth-order valence-corrected chi connectivity index (χ4v) is 3.84. The van der Waals surface area contributed by atoms with E-state index in [1.165, 1.54) is 12.1 Å². The van der Waals surface area contributed by atoms with E-state index >= 15 is 0 Å². The Labute approximate surface area is 140 Å². The molecule has 0 unspecified atom stereocenters. The fourth-order valence-electron chi connectivity index (χ4n) is 2.64. The van der Waals surface area contributed by atoms with Crippen molar-refractivity contribution in [3.63, 3.8) is 0 Å². The van der Waals surface area contributed by atoms with Crippen molar-refractivity contribution >= 4 is 17.7 Å². The molecule has 0 radical (unpaired) electrons. The molecule has 0 aromatic heterocycles. The monoisotopic (exact) mass is 327 g/mol. The lowest BCUT2D eigenvalue weighted by Gasteiger charge is -2.26. The summed E-state index contributed by atoms with van der Waals surface area (Å²) in [5.74, 6) is -0.174. The summed E-state index contributed by atoms with van der Waals surface area (Å²) in [4.78, 5) is 15.4. The highest BCUT2D eigenvalue weighted by atomic mass is 32.2. The van der Waals surface area contributed by atoms with Crippen LogP contribution >= 0.6 is 11.8 Å². The highest BCUT2D eigenvalue weighted by Gasteiger charge is 2.35. The third-order valence-corrected chi connectivity index (χ3v) is 5.46. The summed E-state index contributed by atoms with van der Waals surface area (Å²) >= 11 is 1.58. The van der Waals surface area contributed by atoms with Crippen molar-refractivity contribution in [2.75, 3.05) is 0 Å². The maximum absolute atomic E-state index is 13.1. The first kappa shape index (κ1) is 15.8. The van der Waals surface area contributed by atoms with E-state index in [1.807, 2.05) is 49.1 Å². The van der Waals surface area contributed by atoms with Gasteiger partial charge in [-0.3, -0.25) is 4.79 Å². The molecule has 1 aliphatic heterocycles. The molecule has 0 fully saturated rings. The average Bonchev–Trinajstić information content (AvgIpc) is 2.76. The highest BCUT2D eigenvalue weighted by Crippen LogP contribution is 2.38. The molecule has 2 nitrogen and oxygen atoms in total. The third-order valence-electron chi connectivity index (χ3n) is 4.08. The van der Waals surface area contributed by atoms with Gasteiger partial charge in [0.05, 0.1) is 0 Å². The number of thioether (sulfide) groups is 1. The Hall–Kier alpha value is -2.07. The van der Waals surface area contributed by atoms with E-state index in [-0.39, 0.29) is 17.1 Å². The summed E-state index contributed by atoms with van der Waals surface area (Å²) in [5.41, 5.74) is 2.98. The van der Waals surface area contributed by atoms with Crippen molar-refractivity contribution in [1.82, 2.24) is 4.90 Å². The molecular weight excluding hydrogens is 309 g/mol. The summed E-state index contributed by atoms with van der Waals surface area (Å²) < 4.78 is 13.1. The van der Waals surface area contributed by atoms with Gasteiger partial charge in [-0.2, -0.15) is 0 Å². The molecule has 1 heterocycles. The molecule has 0 saturated heterocycles. The predicted molar refractivity (Wildman–Crippen MR) is 91.4 cm³/mol. The van der Waals surface area contributed by atoms with Crippen LogP contribution in [0.15, 0.2) is 70.6 Å². The van der Waals surface area contributed by atoms with E-state index in [2.05, 4.69) is 0 Å². The highest BCUT2D eigenvalue weighted by molar-refractivity contribution is 8.00. The van der Waals surface area contributed by atoms with Crippen molar-refractivity contribution in [3.8, 4) is 0 Å². The number of halogens is 1. The van der Waals surface area contributed by atoms with E-state index < -0.39 is 0 Å². The molecule has 2 aromatic carbocycles. The van der Waals surface area contributed by atoms with Crippen molar-refractivity contribution in [2.24, 2.45) is 0 Å². The minimum absolute atomic E-state index is 0.0480. The summed E-state index contributed by atoms with van der Waals surface area (Å²) in [6.45, 7) is 4.45. The molecule has 1 aliphatic rings. The minimum Gasteiger partial charge on any atom is -0.318 e. The smallest absolute Gasteiger partial charge is 0.251 e. The van der Waals surface area contributed by atoms with Crippen LogP contribution in [0.1, 0.15) is 19.4 Å². The first-order valence-electron chi connectivity index (χ1n) is 7.51. The van der Waals surface area contributed by atoms with Crippen molar-refractivity contribution < 1.29 is 9.18 Å². The van der Waals surface area contributed by atoms with Crippen LogP contribution in [0.25, 0.3) is 0 Å². The second-order valence-electron chi connectivity index (χ2n) is 5.65. The Kier molecular flexibility index (Phi) is 4.53. The number of nitrogens with zero attached hydrogens (tertiary/aromatic N) is 1. The molecule has 3 rings (SSSR count). The third kappa shape index (κ3) is 3.32. The van der Waals surface area contributed by atoms with Gasteiger partial charge in [0.25, 0.3) is 5.91 Å². The molecule has 0 spiro atoms. The van der Waals surface area contributed by atoms with Gasteiger partial charge in [-0.15, -0.1) is 0 Å². The van der Waals surface area contributed by atoms with Gasteiger partial charge in [0.1, 0.15) is 11.2 Å². The number of carbonyl (C=O) groups excluding carboxylic acids is 1. The van der Waals surface area contributed by atoms with Crippen molar-refractivity contribution in [1.29, 1.82) is 0 Å². The lowest BCUT2D eigenvalue weighted by molar-refractivity contribution is -0.126. The fraction of sp³-hybridized carbons (Fsp3) is 0.211. The van der Waals surface area contributed by atoms with E-state index in [0.29, 0.717) is 6.54 Å². The molecule has 0 saturated carbocycles. The van der Waals surface area contributed by atoms with Crippen LogP contribution < -0.4 is 0 Å². The number of hydrogen-bond donors (Lipinski definition) is 0. The zero-order valence-corrected chi connectivity index (χ0v) is 13.9. The standard InChI is InChI=1S/C19H18FNOS/c1-13-14(2)19(23-17-10-8-16(20)9-11-17)21(18(13)22)12-15-6-4-3-5-7-15/h3-11,19H,12H2,1-2H3/t19-/m1/s1. The van der Waals surface area contributed by atoms with Crippen LogP contribution in [0.4, 0.5) is 4.39 Å². The molecule has 0 N–H and O–H groups in total. The lowest BCUT2D eigenvalue weighted by atomic mass is 10.2. The predicted octanol–water partition coefficient (Wildman–Crippen LogP) is 4.62. The number of amides is 1. The second-order valence-corrected chi connectivity index (χ2v) is 6.80. The topological polar surface area (TPSA) is 20.3 Å². The Morgan fingerprint density at radius 2 is 1.70 bits per heavy atom. The molecule has 0 aliphatic carbocycles. The van der Waals surface area contributed by atoms with Gasteiger partial charge in [0.2, 0.25) is 0 Å². The van der Waals surface area contributed by atoms with Crippen molar-refractivity contribution in [2.45, 2.75) is 30.7 Å².